The van der Waals surface area contributed by atoms with Gasteiger partial charge in [0.05, 0.1) is 12.1 Å². The van der Waals surface area contributed by atoms with Crippen LogP contribution in [-0.2, 0) is 23.1 Å². The minimum absolute atomic E-state index is 0.0137. The summed E-state index contributed by atoms with van der Waals surface area (Å²) in [6.07, 6.45) is 2.26. The van der Waals surface area contributed by atoms with Gasteiger partial charge >= 0.3 is 0 Å². The molecule has 0 bridgehead atoms. The van der Waals surface area contributed by atoms with Crippen LogP contribution in [-0.4, -0.2) is 23.0 Å². The lowest BCUT2D eigenvalue weighted by Gasteiger charge is -2.18. The van der Waals surface area contributed by atoms with Gasteiger partial charge in [0.2, 0.25) is 5.91 Å². The molecule has 0 saturated heterocycles. The van der Waals surface area contributed by atoms with Crippen LogP contribution in [0.25, 0.3) is 10.9 Å². The maximum Gasteiger partial charge on any atom is 0.262 e. The van der Waals surface area contributed by atoms with Gasteiger partial charge in [-0.25, -0.2) is 0 Å². The van der Waals surface area contributed by atoms with E-state index in [1.807, 2.05) is 42.1 Å². The highest BCUT2D eigenvalue weighted by Crippen LogP contribution is 2.30. The van der Waals surface area contributed by atoms with Gasteiger partial charge < -0.3 is 19.9 Å². The van der Waals surface area contributed by atoms with E-state index in [2.05, 4.69) is 10.6 Å². The highest BCUT2D eigenvalue weighted by atomic mass is 16.5. The van der Waals surface area contributed by atoms with E-state index in [1.54, 1.807) is 18.2 Å². The normalized spacial score (nSPS) is 13.1. The number of aryl methyl sites for hydroxylation is 1. The standard InChI is InChI=1S/C19H17N3O3/c1-22-10-12(14-4-2-3-5-16(14)22)8-18(23)20-13-6-7-17-15(9-13)21-19(24)11-25-17/h2-7,9-10H,8,11H2,1H3,(H,20,23)(H,21,24). The van der Waals surface area contributed by atoms with E-state index in [9.17, 15) is 9.59 Å². The summed E-state index contributed by atoms with van der Waals surface area (Å²) in [5.74, 6) is 0.290. The molecule has 0 saturated carbocycles. The Morgan fingerprint density at radius 3 is 3.00 bits per heavy atom. The summed E-state index contributed by atoms with van der Waals surface area (Å²) in [5.41, 5.74) is 3.26. The summed E-state index contributed by atoms with van der Waals surface area (Å²) >= 11 is 0. The summed E-state index contributed by atoms with van der Waals surface area (Å²) in [5, 5.41) is 6.68. The van der Waals surface area contributed by atoms with Crippen molar-refractivity contribution in [3.63, 3.8) is 0 Å². The van der Waals surface area contributed by atoms with E-state index < -0.39 is 0 Å². The average molecular weight is 335 g/mol. The van der Waals surface area contributed by atoms with E-state index in [0.717, 1.165) is 16.5 Å². The summed E-state index contributed by atoms with van der Waals surface area (Å²) in [6.45, 7) is 0.0137. The number of amides is 2. The molecule has 1 aliphatic heterocycles. The Bertz CT molecular complexity index is 991. The molecule has 0 radical (unpaired) electrons. The zero-order chi connectivity index (χ0) is 17.4. The first-order valence-corrected chi connectivity index (χ1v) is 7.99. The second kappa shape index (κ2) is 5.98. The molecule has 126 valence electrons. The number of rotatable bonds is 3. The fourth-order valence-corrected chi connectivity index (χ4v) is 3.11. The molecule has 25 heavy (non-hydrogen) atoms. The van der Waals surface area contributed by atoms with Gasteiger partial charge in [0, 0.05) is 29.8 Å². The highest BCUT2D eigenvalue weighted by Gasteiger charge is 2.17. The van der Waals surface area contributed by atoms with Crippen molar-refractivity contribution in [3.05, 3.63) is 54.2 Å². The molecule has 2 amide bonds. The van der Waals surface area contributed by atoms with Crippen molar-refractivity contribution in [2.24, 2.45) is 7.05 Å². The van der Waals surface area contributed by atoms with Crippen LogP contribution in [0.15, 0.2) is 48.7 Å². The van der Waals surface area contributed by atoms with Crippen molar-refractivity contribution >= 4 is 34.1 Å². The fourth-order valence-electron chi connectivity index (χ4n) is 3.11. The Morgan fingerprint density at radius 1 is 1.28 bits per heavy atom. The van der Waals surface area contributed by atoms with Gasteiger partial charge in [-0.3, -0.25) is 9.59 Å². The van der Waals surface area contributed by atoms with E-state index in [-0.39, 0.29) is 24.8 Å². The minimum Gasteiger partial charge on any atom is -0.482 e. The molecular formula is C19H17N3O3. The Balaban J connectivity index is 1.52. The number of hydrogen-bond donors (Lipinski definition) is 2. The second-order valence-corrected chi connectivity index (χ2v) is 6.06. The molecule has 0 unspecified atom stereocenters. The quantitative estimate of drug-likeness (QED) is 0.773. The number of para-hydroxylation sites is 1. The first kappa shape index (κ1) is 15.3. The zero-order valence-electron chi connectivity index (χ0n) is 13.7. The third-order valence-electron chi connectivity index (χ3n) is 4.23. The van der Waals surface area contributed by atoms with E-state index in [4.69, 9.17) is 4.74 Å². The number of hydrogen-bond acceptors (Lipinski definition) is 3. The number of nitrogens with one attached hydrogen (secondary N) is 2. The lowest BCUT2D eigenvalue weighted by atomic mass is 10.1. The van der Waals surface area contributed by atoms with Crippen molar-refractivity contribution in [1.82, 2.24) is 4.57 Å². The summed E-state index contributed by atoms with van der Waals surface area (Å²) < 4.78 is 7.33. The number of ether oxygens (including phenoxy) is 1. The fraction of sp³-hybridized carbons (Fsp3) is 0.158. The summed E-state index contributed by atoms with van der Waals surface area (Å²) in [6, 6.07) is 13.2. The van der Waals surface area contributed by atoms with E-state index >= 15 is 0 Å². The van der Waals surface area contributed by atoms with Gasteiger partial charge in [0.25, 0.3) is 5.91 Å². The second-order valence-electron chi connectivity index (χ2n) is 6.06. The number of aromatic nitrogens is 1. The summed E-state index contributed by atoms with van der Waals surface area (Å²) in [4.78, 5) is 23.8. The van der Waals surface area contributed by atoms with E-state index in [0.29, 0.717) is 17.1 Å². The largest absolute Gasteiger partial charge is 0.482 e. The molecule has 2 heterocycles. The van der Waals surface area contributed by atoms with Crippen LogP contribution < -0.4 is 15.4 Å². The molecule has 1 aromatic heterocycles. The van der Waals surface area contributed by atoms with Gasteiger partial charge in [-0.1, -0.05) is 18.2 Å². The Hall–Kier alpha value is -3.28. The van der Waals surface area contributed by atoms with Crippen LogP contribution >= 0.6 is 0 Å². The van der Waals surface area contributed by atoms with Gasteiger partial charge in [-0.05, 0) is 29.8 Å². The topological polar surface area (TPSA) is 72.4 Å². The van der Waals surface area contributed by atoms with Crippen LogP contribution in [0.2, 0.25) is 0 Å². The highest BCUT2D eigenvalue weighted by molar-refractivity contribution is 5.99. The predicted molar refractivity (Wildman–Crippen MR) is 95.8 cm³/mol. The van der Waals surface area contributed by atoms with Gasteiger partial charge in [0.1, 0.15) is 5.75 Å². The minimum atomic E-state index is -0.202. The third-order valence-corrected chi connectivity index (χ3v) is 4.23. The number of benzene rings is 2. The third kappa shape index (κ3) is 2.94. The smallest absolute Gasteiger partial charge is 0.262 e. The molecule has 2 aromatic carbocycles. The lowest BCUT2D eigenvalue weighted by molar-refractivity contribution is -0.118. The summed E-state index contributed by atoms with van der Waals surface area (Å²) in [7, 11) is 1.97. The maximum atomic E-state index is 12.4. The van der Waals surface area contributed by atoms with Crippen molar-refractivity contribution in [2.45, 2.75) is 6.42 Å². The molecule has 1 aliphatic rings. The Kier molecular flexibility index (Phi) is 3.65. The zero-order valence-corrected chi connectivity index (χ0v) is 13.7. The van der Waals surface area contributed by atoms with Crippen LogP contribution in [0.5, 0.6) is 5.75 Å². The van der Waals surface area contributed by atoms with Gasteiger partial charge in [-0.15, -0.1) is 0 Å². The van der Waals surface area contributed by atoms with Gasteiger partial charge in [0.15, 0.2) is 6.61 Å². The number of nitrogens with zero attached hydrogens (tertiary/aromatic N) is 1. The average Bonchev–Trinajstić information content (AvgIpc) is 2.91. The maximum absolute atomic E-state index is 12.4. The van der Waals surface area contributed by atoms with Crippen molar-refractivity contribution in [1.29, 1.82) is 0 Å². The number of anilines is 2. The molecule has 6 heteroatoms. The molecule has 2 N–H and O–H groups in total. The number of fused-ring (bicyclic) bond motifs is 2. The van der Waals surface area contributed by atoms with Crippen molar-refractivity contribution in [2.75, 3.05) is 17.2 Å². The molecular weight excluding hydrogens is 318 g/mol. The molecule has 0 spiro atoms. The molecule has 3 aromatic rings. The monoisotopic (exact) mass is 335 g/mol. The SMILES string of the molecule is Cn1cc(CC(=O)Nc2ccc3c(c2)NC(=O)CO3)c2ccccc21. The number of carbonyl (C=O) groups excluding carboxylic acids is 2. The predicted octanol–water partition coefficient (Wildman–Crippen LogP) is 2.69. The Labute approximate surface area is 144 Å². The molecule has 6 nitrogen and oxygen atoms in total. The van der Waals surface area contributed by atoms with Gasteiger partial charge in [-0.2, -0.15) is 0 Å². The first-order valence-electron chi connectivity index (χ1n) is 7.99. The van der Waals surface area contributed by atoms with Crippen LogP contribution in [0.1, 0.15) is 5.56 Å². The molecule has 0 aliphatic carbocycles. The van der Waals surface area contributed by atoms with Crippen LogP contribution in [0.4, 0.5) is 11.4 Å². The van der Waals surface area contributed by atoms with Crippen molar-refractivity contribution < 1.29 is 14.3 Å². The van der Waals surface area contributed by atoms with Crippen LogP contribution in [0, 0.1) is 0 Å². The first-order chi connectivity index (χ1) is 12.1. The molecule has 0 fully saturated rings. The van der Waals surface area contributed by atoms with Crippen LogP contribution in [0.3, 0.4) is 0 Å². The molecule has 4 rings (SSSR count). The lowest BCUT2D eigenvalue weighted by Crippen LogP contribution is -2.25. The van der Waals surface area contributed by atoms with Crippen molar-refractivity contribution in [3.8, 4) is 5.75 Å². The van der Waals surface area contributed by atoms with E-state index in [1.165, 1.54) is 0 Å². The Morgan fingerprint density at radius 2 is 2.12 bits per heavy atom. The molecule has 0 atom stereocenters. The number of carbonyl (C=O) groups is 2.